The fourth-order valence-corrected chi connectivity index (χ4v) is 3.28. The van der Waals surface area contributed by atoms with Gasteiger partial charge in [-0.2, -0.15) is 0 Å². The molecule has 0 aliphatic carbocycles. The van der Waals surface area contributed by atoms with Gasteiger partial charge in [0.05, 0.1) is 6.42 Å². The molecule has 2 aromatic carbocycles. The Morgan fingerprint density at radius 2 is 1.92 bits per heavy atom. The van der Waals surface area contributed by atoms with Crippen LogP contribution in [0.1, 0.15) is 27.9 Å². The van der Waals surface area contributed by atoms with Gasteiger partial charge in [-0.15, -0.1) is 0 Å². The van der Waals surface area contributed by atoms with Crippen LogP contribution < -0.4 is 10.2 Å². The predicted octanol–water partition coefficient (Wildman–Crippen LogP) is 2.90. The summed E-state index contributed by atoms with van der Waals surface area (Å²) in [6, 6.07) is 13.0. The van der Waals surface area contributed by atoms with Crippen molar-refractivity contribution in [3.63, 3.8) is 0 Å². The third kappa shape index (κ3) is 4.38. The van der Waals surface area contributed by atoms with E-state index in [9.17, 15) is 14.4 Å². The van der Waals surface area contributed by atoms with Gasteiger partial charge in [0.2, 0.25) is 12.3 Å². The summed E-state index contributed by atoms with van der Waals surface area (Å²) in [7, 11) is 0. The summed E-state index contributed by atoms with van der Waals surface area (Å²) in [6.45, 7) is 0.967. The van der Waals surface area contributed by atoms with E-state index in [-0.39, 0.29) is 18.1 Å². The highest BCUT2D eigenvalue weighted by atomic mass is 79.9. The highest BCUT2D eigenvalue weighted by molar-refractivity contribution is 9.10. The summed E-state index contributed by atoms with van der Waals surface area (Å²) in [6.07, 6.45) is 2.12. The van der Waals surface area contributed by atoms with Crippen LogP contribution in [0.5, 0.6) is 0 Å². The van der Waals surface area contributed by atoms with E-state index >= 15 is 0 Å². The Labute approximate surface area is 160 Å². The molecule has 0 aromatic heterocycles. The SMILES string of the molecule is O=CN1CCc2cc(C(=O)CCNC(=O)Cc3ccc(Br)cc3)ccc21. The number of amides is 2. The number of fused-ring (bicyclic) bond motifs is 1. The Hall–Kier alpha value is -2.47. The second-order valence-corrected chi connectivity index (χ2v) is 7.13. The molecule has 0 spiro atoms. The fraction of sp³-hybridized carbons (Fsp3) is 0.250. The molecule has 0 saturated heterocycles. The lowest BCUT2D eigenvalue weighted by atomic mass is 10.0. The first-order valence-corrected chi connectivity index (χ1v) is 9.25. The van der Waals surface area contributed by atoms with Crippen LogP contribution in [-0.4, -0.2) is 31.2 Å². The number of Topliss-reactive ketones (excluding diaryl/α,β-unsaturated/α-hetero) is 1. The van der Waals surface area contributed by atoms with E-state index in [2.05, 4.69) is 21.2 Å². The Balaban J connectivity index is 1.49. The average molecular weight is 415 g/mol. The van der Waals surface area contributed by atoms with E-state index in [4.69, 9.17) is 0 Å². The van der Waals surface area contributed by atoms with Gasteiger partial charge >= 0.3 is 0 Å². The van der Waals surface area contributed by atoms with Crippen LogP contribution in [0.2, 0.25) is 0 Å². The van der Waals surface area contributed by atoms with Gasteiger partial charge in [0.1, 0.15) is 0 Å². The molecule has 0 atom stereocenters. The molecule has 5 nitrogen and oxygen atoms in total. The predicted molar refractivity (Wildman–Crippen MR) is 103 cm³/mol. The van der Waals surface area contributed by atoms with Gasteiger partial charge in [-0.05, 0) is 47.9 Å². The minimum atomic E-state index is -0.101. The first-order chi connectivity index (χ1) is 12.6. The largest absolute Gasteiger partial charge is 0.355 e. The van der Waals surface area contributed by atoms with Gasteiger partial charge in [-0.25, -0.2) is 0 Å². The van der Waals surface area contributed by atoms with Crippen molar-refractivity contribution in [2.45, 2.75) is 19.3 Å². The zero-order valence-corrected chi connectivity index (χ0v) is 15.8. The summed E-state index contributed by atoms with van der Waals surface area (Å²) >= 11 is 3.36. The van der Waals surface area contributed by atoms with Crippen LogP contribution in [-0.2, 0) is 22.4 Å². The van der Waals surface area contributed by atoms with Crippen LogP contribution in [0.15, 0.2) is 46.9 Å². The van der Waals surface area contributed by atoms with Crippen molar-refractivity contribution < 1.29 is 14.4 Å². The lowest BCUT2D eigenvalue weighted by Gasteiger charge is -2.10. The number of anilines is 1. The first kappa shape index (κ1) is 18.3. The van der Waals surface area contributed by atoms with Crippen LogP contribution in [0.4, 0.5) is 5.69 Å². The maximum absolute atomic E-state index is 12.3. The summed E-state index contributed by atoms with van der Waals surface area (Å²) in [5, 5.41) is 2.79. The second-order valence-electron chi connectivity index (χ2n) is 6.22. The lowest BCUT2D eigenvalue weighted by molar-refractivity contribution is -0.120. The molecule has 2 aromatic rings. The molecule has 0 fully saturated rings. The molecular formula is C20H19BrN2O3. The van der Waals surface area contributed by atoms with Gasteiger partial charge < -0.3 is 10.2 Å². The second kappa shape index (κ2) is 8.27. The molecule has 1 N–H and O–H groups in total. The van der Waals surface area contributed by atoms with Crippen molar-refractivity contribution in [3.8, 4) is 0 Å². The van der Waals surface area contributed by atoms with Crippen molar-refractivity contribution in [3.05, 3.63) is 63.6 Å². The van der Waals surface area contributed by atoms with Crippen LogP contribution in [0.3, 0.4) is 0 Å². The smallest absolute Gasteiger partial charge is 0.224 e. The Morgan fingerprint density at radius 3 is 2.65 bits per heavy atom. The Kier molecular flexibility index (Phi) is 5.83. The average Bonchev–Trinajstić information content (AvgIpc) is 3.05. The Morgan fingerprint density at radius 1 is 1.15 bits per heavy atom. The van der Waals surface area contributed by atoms with Crippen LogP contribution in [0, 0.1) is 0 Å². The maximum Gasteiger partial charge on any atom is 0.224 e. The van der Waals surface area contributed by atoms with E-state index in [1.54, 1.807) is 11.0 Å². The molecule has 0 unspecified atom stereocenters. The monoisotopic (exact) mass is 414 g/mol. The lowest BCUT2D eigenvalue weighted by Crippen LogP contribution is -2.27. The molecule has 3 rings (SSSR count). The maximum atomic E-state index is 12.3. The van der Waals surface area contributed by atoms with Gasteiger partial charge in [-0.1, -0.05) is 28.1 Å². The van der Waals surface area contributed by atoms with Crippen molar-refractivity contribution in [2.24, 2.45) is 0 Å². The number of hydrogen-bond donors (Lipinski definition) is 1. The van der Waals surface area contributed by atoms with Gasteiger partial charge in [0, 0.05) is 35.2 Å². The molecule has 0 radical (unpaired) electrons. The molecule has 1 aliphatic heterocycles. The first-order valence-electron chi connectivity index (χ1n) is 8.46. The highest BCUT2D eigenvalue weighted by Crippen LogP contribution is 2.27. The summed E-state index contributed by atoms with van der Waals surface area (Å²) in [5.41, 5.74) is 3.44. The molecule has 6 heteroatoms. The molecule has 0 saturated carbocycles. The molecule has 0 bridgehead atoms. The number of hydrogen-bond acceptors (Lipinski definition) is 3. The van der Waals surface area contributed by atoms with E-state index in [0.29, 0.717) is 25.1 Å². The standard InChI is InChI=1S/C20H19BrN2O3/c21-17-4-1-14(2-5-17)11-20(26)22-9-7-19(25)16-3-6-18-15(12-16)8-10-23(18)13-24/h1-6,12-13H,7-11H2,(H,22,26). The van der Waals surface area contributed by atoms with Gasteiger partial charge in [0.25, 0.3) is 0 Å². The van der Waals surface area contributed by atoms with E-state index in [1.807, 2.05) is 36.4 Å². The number of carbonyl (C=O) groups excluding carboxylic acids is 3. The van der Waals surface area contributed by atoms with Crippen molar-refractivity contribution in [1.82, 2.24) is 5.32 Å². The summed E-state index contributed by atoms with van der Waals surface area (Å²) < 4.78 is 0.970. The van der Waals surface area contributed by atoms with E-state index in [1.165, 1.54) is 0 Å². The number of benzene rings is 2. The molecular weight excluding hydrogens is 396 g/mol. The van der Waals surface area contributed by atoms with Crippen molar-refractivity contribution in [2.75, 3.05) is 18.0 Å². The highest BCUT2D eigenvalue weighted by Gasteiger charge is 2.19. The summed E-state index contributed by atoms with van der Waals surface area (Å²) in [5.74, 6) is -0.114. The third-order valence-corrected chi connectivity index (χ3v) is 4.94. The van der Waals surface area contributed by atoms with E-state index < -0.39 is 0 Å². The topological polar surface area (TPSA) is 66.5 Å². The molecule has 1 heterocycles. The zero-order chi connectivity index (χ0) is 18.5. The minimum Gasteiger partial charge on any atom is -0.355 e. The number of rotatable bonds is 7. The van der Waals surface area contributed by atoms with Gasteiger partial charge in [-0.3, -0.25) is 14.4 Å². The zero-order valence-electron chi connectivity index (χ0n) is 14.2. The number of halogens is 1. The quantitative estimate of drug-likeness (QED) is 0.559. The molecule has 1 aliphatic rings. The molecule has 26 heavy (non-hydrogen) atoms. The van der Waals surface area contributed by atoms with E-state index in [0.717, 1.165) is 34.1 Å². The van der Waals surface area contributed by atoms with Gasteiger partial charge in [0.15, 0.2) is 5.78 Å². The normalized spacial score (nSPS) is 12.6. The fourth-order valence-electron chi connectivity index (χ4n) is 3.02. The number of nitrogens with one attached hydrogen (secondary N) is 1. The van der Waals surface area contributed by atoms with Crippen LogP contribution >= 0.6 is 15.9 Å². The molecule has 134 valence electrons. The van der Waals surface area contributed by atoms with Crippen molar-refractivity contribution >= 4 is 39.7 Å². The minimum absolute atomic E-state index is 0.0127. The Bertz CT molecular complexity index is 833. The molecule has 2 amide bonds. The third-order valence-electron chi connectivity index (χ3n) is 4.41. The number of carbonyl (C=O) groups is 3. The summed E-state index contributed by atoms with van der Waals surface area (Å²) in [4.78, 5) is 36.9. The number of ketones is 1. The van der Waals surface area contributed by atoms with Crippen molar-refractivity contribution in [1.29, 1.82) is 0 Å². The number of nitrogens with zero attached hydrogens (tertiary/aromatic N) is 1. The van der Waals surface area contributed by atoms with Crippen LogP contribution in [0.25, 0.3) is 0 Å².